The number of aliphatic imine (C=N–C) groups is 1. The van der Waals surface area contributed by atoms with Crippen molar-refractivity contribution in [1.82, 2.24) is 10.6 Å². The minimum Gasteiger partial charge on any atom is -0.342 e. The summed E-state index contributed by atoms with van der Waals surface area (Å²) in [4.78, 5) is 16.1. The highest BCUT2D eigenvalue weighted by atomic mass is 16.2. The predicted molar refractivity (Wildman–Crippen MR) is 52.9 cm³/mol. The number of carbonyl (C=O) groups excluding carboxylic acids is 1. The Balaban J connectivity index is 1.75. The maximum atomic E-state index is 11.7. The lowest BCUT2D eigenvalue weighted by Gasteiger charge is -2.40. The van der Waals surface area contributed by atoms with Gasteiger partial charge < -0.3 is 5.32 Å². The zero-order valence-electron chi connectivity index (χ0n) is 8.34. The van der Waals surface area contributed by atoms with Gasteiger partial charge in [-0.2, -0.15) is 0 Å². The fourth-order valence-electron chi connectivity index (χ4n) is 2.41. The average molecular weight is 193 g/mol. The van der Waals surface area contributed by atoms with Crippen molar-refractivity contribution in [3.63, 3.8) is 0 Å². The van der Waals surface area contributed by atoms with Gasteiger partial charge in [-0.15, -0.1) is 0 Å². The lowest BCUT2D eigenvalue weighted by molar-refractivity contribution is -0.128. The molecule has 2 saturated carbocycles. The van der Waals surface area contributed by atoms with Crippen molar-refractivity contribution in [2.24, 2.45) is 10.9 Å². The molecule has 3 fully saturated rings. The summed E-state index contributed by atoms with van der Waals surface area (Å²) in [7, 11) is 0. The Hall–Kier alpha value is -1.06. The molecule has 2 N–H and O–H groups in total. The van der Waals surface area contributed by atoms with Gasteiger partial charge in [0.2, 0.25) is 0 Å². The van der Waals surface area contributed by atoms with Crippen molar-refractivity contribution in [2.75, 3.05) is 0 Å². The van der Waals surface area contributed by atoms with E-state index in [0.717, 1.165) is 12.8 Å². The maximum absolute atomic E-state index is 11.7. The van der Waals surface area contributed by atoms with Gasteiger partial charge >= 0.3 is 0 Å². The van der Waals surface area contributed by atoms with Crippen LogP contribution in [0.1, 0.15) is 32.6 Å². The van der Waals surface area contributed by atoms with Gasteiger partial charge in [-0.1, -0.05) is 6.92 Å². The highest BCUT2D eigenvalue weighted by molar-refractivity contribution is 6.09. The smallest absolute Gasteiger partial charge is 0.252 e. The Bertz CT molecular complexity index is 313. The molecular weight excluding hydrogens is 178 g/mol. The van der Waals surface area contributed by atoms with Crippen LogP contribution in [0.2, 0.25) is 0 Å². The third-order valence-electron chi connectivity index (χ3n) is 3.28. The Morgan fingerprint density at radius 1 is 1.43 bits per heavy atom. The zero-order chi connectivity index (χ0) is 9.76. The lowest BCUT2D eigenvalue weighted by Crippen LogP contribution is -2.56. The van der Waals surface area contributed by atoms with E-state index in [2.05, 4.69) is 22.5 Å². The lowest BCUT2D eigenvalue weighted by atomic mass is 9.69. The first-order valence-corrected chi connectivity index (χ1v) is 5.35. The van der Waals surface area contributed by atoms with Crippen LogP contribution in [-0.2, 0) is 4.79 Å². The van der Waals surface area contributed by atoms with Crippen LogP contribution in [0.3, 0.4) is 0 Å². The molecule has 4 heteroatoms. The second kappa shape index (κ2) is 2.49. The quantitative estimate of drug-likeness (QED) is 0.633. The summed E-state index contributed by atoms with van der Waals surface area (Å²) in [5.41, 5.74) is -0.298. The minimum atomic E-state index is -0.298. The van der Waals surface area contributed by atoms with Crippen molar-refractivity contribution < 1.29 is 4.79 Å². The van der Waals surface area contributed by atoms with Crippen molar-refractivity contribution in [3.8, 4) is 0 Å². The largest absolute Gasteiger partial charge is 0.342 e. The van der Waals surface area contributed by atoms with Crippen molar-refractivity contribution in [3.05, 3.63) is 0 Å². The molecule has 1 heterocycles. The van der Waals surface area contributed by atoms with Gasteiger partial charge in [0.15, 0.2) is 5.96 Å². The third-order valence-corrected chi connectivity index (χ3v) is 3.28. The fourth-order valence-corrected chi connectivity index (χ4v) is 2.41. The second-order valence-electron chi connectivity index (χ2n) is 4.88. The topological polar surface area (TPSA) is 53.5 Å². The Morgan fingerprint density at radius 2 is 2.14 bits per heavy atom. The van der Waals surface area contributed by atoms with Crippen LogP contribution >= 0.6 is 0 Å². The number of nitrogens with one attached hydrogen (secondary N) is 2. The van der Waals surface area contributed by atoms with E-state index in [0.29, 0.717) is 17.9 Å². The zero-order valence-corrected chi connectivity index (χ0v) is 8.34. The molecule has 3 rings (SSSR count). The Kier molecular flexibility index (Phi) is 1.47. The molecule has 1 spiro atoms. The van der Waals surface area contributed by atoms with Crippen LogP contribution in [-0.4, -0.2) is 23.4 Å². The van der Waals surface area contributed by atoms with Gasteiger partial charge in [0.25, 0.3) is 5.91 Å². The van der Waals surface area contributed by atoms with E-state index >= 15 is 0 Å². The van der Waals surface area contributed by atoms with Gasteiger partial charge in [0.1, 0.15) is 5.54 Å². The Morgan fingerprint density at radius 3 is 2.71 bits per heavy atom. The van der Waals surface area contributed by atoms with E-state index in [-0.39, 0.29) is 11.4 Å². The summed E-state index contributed by atoms with van der Waals surface area (Å²) < 4.78 is 0. The summed E-state index contributed by atoms with van der Waals surface area (Å²) in [6.07, 6.45) is 4.24. The molecule has 2 aliphatic carbocycles. The molecule has 0 bridgehead atoms. The third kappa shape index (κ3) is 1.13. The monoisotopic (exact) mass is 193 g/mol. The minimum absolute atomic E-state index is 0.120. The standard InChI is InChI=1S/C10H15N3O/c1-6-4-10(5-6)8(14)12-9(13-10)11-7-2-3-7/h6-7H,2-5H2,1H3,(H2,11,12,13,14). The van der Waals surface area contributed by atoms with Crippen molar-refractivity contribution >= 4 is 11.9 Å². The highest BCUT2D eigenvalue weighted by Gasteiger charge is 2.53. The van der Waals surface area contributed by atoms with Gasteiger partial charge in [0.05, 0.1) is 6.04 Å². The molecule has 0 aromatic rings. The number of rotatable bonds is 1. The summed E-state index contributed by atoms with van der Waals surface area (Å²) in [5.74, 6) is 1.49. The van der Waals surface area contributed by atoms with E-state index in [1.54, 1.807) is 0 Å². The average Bonchev–Trinajstić information content (AvgIpc) is 2.78. The molecule has 1 amide bonds. The van der Waals surface area contributed by atoms with Crippen LogP contribution in [0.25, 0.3) is 0 Å². The molecule has 4 nitrogen and oxygen atoms in total. The summed E-state index contributed by atoms with van der Waals surface area (Å²) in [6.45, 7) is 2.18. The van der Waals surface area contributed by atoms with Gasteiger partial charge in [-0.25, -0.2) is 4.99 Å². The number of carbonyl (C=O) groups is 1. The first kappa shape index (κ1) is 8.26. The summed E-state index contributed by atoms with van der Waals surface area (Å²) in [6, 6.07) is 0.463. The van der Waals surface area contributed by atoms with E-state index < -0.39 is 0 Å². The molecule has 0 aromatic carbocycles. The number of nitrogens with zero attached hydrogens (tertiary/aromatic N) is 1. The molecule has 0 radical (unpaired) electrons. The van der Waals surface area contributed by atoms with E-state index in [1.165, 1.54) is 12.8 Å². The maximum Gasteiger partial charge on any atom is 0.252 e. The molecule has 14 heavy (non-hydrogen) atoms. The van der Waals surface area contributed by atoms with E-state index in [9.17, 15) is 4.79 Å². The normalized spacial score (nSPS) is 43.6. The predicted octanol–water partition coefficient (Wildman–Crippen LogP) is 0.393. The number of amides is 1. The van der Waals surface area contributed by atoms with Gasteiger partial charge in [0, 0.05) is 0 Å². The first-order valence-electron chi connectivity index (χ1n) is 5.35. The molecule has 1 aliphatic heterocycles. The summed E-state index contributed by atoms with van der Waals surface area (Å²) in [5, 5.41) is 6.08. The van der Waals surface area contributed by atoms with E-state index in [4.69, 9.17) is 0 Å². The Labute approximate surface area is 83.2 Å². The van der Waals surface area contributed by atoms with Crippen LogP contribution in [0.4, 0.5) is 0 Å². The van der Waals surface area contributed by atoms with Crippen LogP contribution < -0.4 is 10.6 Å². The van der Waals surface area contributed by atoms with Crippen molar-refractivity contribution in [2.45, 2.75) is 44.2 Å². The molecule has 0 unspecified atom stereocenters. The highest BCUT2D eigenvalue weighted by Crippen LogP contribution is 2.39. The summed E-state index contributed by atoms with van der Waals surface area (Å²) >= 11 is 0. The van der Waals surface area contributed by atoms with Gasteiger partial charge in [-0.05, 0) is 31.6 Å². The fraction of sp³-hybridized carbons (Fsp3) is 0.800. The molecule has 0 atom stereocenters. The second-order valence-corrected chi connectivity index (χ2v) is 4.88. The van der Waals surface area contributed by atoms with Crippen molar-refractivity contribution in [1.29, 1.82) is 0 Å². The molecule has 1 saturated heterocycles. The first-order chi connectivity index (χ1) is 6.68. The number of hydrogen-bond donors (Lipinski definition) is 2. The number of hydrogen-bond acceptors (Lipinski definition) is 2. The molecule has 0 aromatic heterocycles. The molecule has 76 valence electrons. The molecule has 3 aliphatic rings. The van der Waals surface area contributed by atoms with Crippen LogP contribution in [0.5, 0.6) is 0 Å². The van der Waals surface area contributed by atoms with Gasteiger partial charge in [-0.3, -0.25) is 10.1 Å². The SMILES string of the molecule is CC1CC2(C1)NC(=NC1CC1)NC2=O. The number of guanidine groups is 1. The van der Waals surface area contributed by atoms with Crippen LogP contribution in [0, 0.1) is 5.92 Å². The molecular formula is C10H15N3O. The van der Waals surface area contributed by atoms with Crippen LogP contribution in [0.15, 0.2) is 4.99 Å². The van der Waals surface area contributed by atoms with E-state index in [1.807, 2.05) is 0 Å².